The molecule has 3 aromatic rings. The number of rotatable bonds is 6. The van der Waals surface area contributed by atoms with Crippen LogP contribution in [0.1, 0.15) is 16.7 Å². The SMILES string of the molecule is NCc1ccc(CNC(=O)[C@@H](N)Cc2c[nH]c3ccccc23)cc1. The number of amides is 1. The maximum atomic E-state index is 12.2. The number of nitrogens with two attached hydrogens (primary N) is 2. The molecule has 6 N–H and O–H groups in total. The van der Waals surface area contributed by atoms with E-state index < -0.39 is 6.04 Å². The van der Waals surface area contributed by atoms with Crippen molar-refractivity contribution in [2.24, 2.45) is 11.5 Å². The van der Waals surface area contributed by atoms with E-state index in [4.69, 9.17) is 11.5 Å². The fraction of sp³-hybridized carbons (Fsp3) is 0.211. The van der Waals surface area contributed by atoms with Gasteiger partial charge < -0.3 is 21.8 Å². The van der Waals surface area contributed by atoms with Crippen LogP contribution in [0.25, 0.3) is 10.9 Å². The molecule has 0 bridgehead atoms. The van der Waals surface area contributed by atoms with Gasteiger partial charge in [-0.1, -0.05) is 42.5 Å². The molecule has 0 aliphatic rings. The van der Waals surface area contributed by atoms with Crippen LogP contribution in [0.15, 0.2) is 54.7 Å². The summed E-state index contributed by atoms with van der Waals surface area (Å²) in [5.41, 5.74) is 15.9. The second-order valence-electron chi connectivity index (χ2n) is 5.91. The molecule has 0 aliphatic carbocycles. The Bertz CT molecular complexity index is 823. The van der Waals surface area contributed by atoms with E-state index in [2.05, 4.69) is 10.3 Å². The number of carbonyl (C=O) groups excluding carboxylic acids is 1. The van der Waals surface area contributed by atoms with E-state index in [0.29, 0.717) is 19.5 Å². The molecule has 3 rings (SSSR count). The minimum absolute atomic E-state index is 0.150. The number of fused-ring (bicyclic) bond motifs is 1. The molecule has 0 spiro atoms. The molecule has 24 heavy (non-hydrogen) atoms. The summed E-state index contributed by atoms with van der Waals surface area (Å²) in [6, 6.07) is 15.3. The third-order valence-corrected chi connectivity index (χ3v) is 4.18. The van der Waals surface area contributed by atoms with Crippen LogP contribution in [0.2, 0.25) is 0 Å². The number of para-hydroxylation sites is 1. The lowest BCUT2D eigenvalue weighted by molar-refractivity contribution is -0.122. The molecule has 124 valence electrons. The van der Waals surface area contributed by atoms with Gasteiger partial charge in [-0.2, -0.15) is 0 Å². The fourth-order valence-corrected chi connectivity index (χ4v) is 2.74. The van der Waals surface area contributed by atoms with Crippen LogP contribution in [0, 0.1) is 0 Å². The lowest BCUT2D eigenvalue weighted by atomic mass is 10.0. The molecule has 0 unspecified atom stereocenters. The van der Waals surface area contributed by atoms with Crippen LogP contribution >= 0.6 is 0 Å². The Hall–Kier alpha value is -2.63. The van der Waals surface area contributed by atoms with Crippen molar-refractivity contribution in [3.8, 4) is 0 Å². The van der Waals surface area contributed by atoms with Gasteiger partial charge in [-0.3, -0.25) is 4.79 Å². The van der Waals surface area contributed by atoms with Gasteiger partial charge in [0, 0.05) is 30.2 Å². The molecule has 1 aromatic heterocycles. The lowest BCUT2D eigenvalue weighted by Gasteiger charge is -2.12. The topological polar surface area (TPSA) is 96.9 Å². The molecule has 0 radical (unpaired) electrons. The van der Waals surface area contributed by atoms with Crippen molar-refractivity contribution in [1.29, 1.82) is 0 Å². The van der Waals surface area contributed by atoms with E-state index in [0.717, 1.165) is 27.6 Å². The number of aromatic amines is 1. The van der Waals surface area contributed by atoms with Crippen molar-refractivity contribution in [1.82, 2.24) is 10.3 Å². The second-order valence-corrected chi connectivity index (χ2v) is 5.91. The molecular weight excluding hydrogens is 300 g/mol. The standard InChI is InChI=1S/C19H22N4O/c20-10-13-5-7-14(8-6-13)11-23-19(24)17(21)9-15-12-22-18-4-2-1-3-16(15)18/h1-8,12,17,22H,9-11,20-21H2,(H,23,24)/t17-/m0/s1. The minimum atomic E-state index is -0.576. The number of H-pyrrole nitrogens is 1. The minimum Gasteiger partial charge on any atom is -0.361 e. The summed E-state index contributed by atoms with van der Waals surface area (Å²) in [6.45, 7) is 0.980. The molecule has 0 saturated heterocycles. The van der Waals surface area contributed by atoms with Crippen molar-refractivity contribution in [2.75, 3.05) is 0 Å². The van der Waals surface area contributed by atoms with Gasteiger partial charge in [-0.25, -0.2) is 0 Å². The predicted molar refractivity (Wildman–Crippen MR) is 96.2 cm³/mol. The largest absolute Gasteiger partial charge is 0.361 e. The number of nitrogens with one attached hydrogen (secondary N) is 2. The molecule has 0 saturated carbocycles. The highest BCUT2D eigenvalue weighted by atomic mass is 16.2. The summed E-state index contributed by atoms with van der Waals surface area (Å²) < 4.78 is 0. The first-order valence-electron chi connectivity index (χ1n) is 8.03. The number of hydrogen-bond acceptors (Lipinski definition) is 3. The summed E-state index contributed by atoms with van der Waals surface area (Å²) in [4.78, 5) is 15.4. The number of carbonyl (C=O) groups is 1. The van der Waals surface area contributed by atoms with E-state index in [1.54, 1.807) is 0 Å². The molecule has 1 amide bonds. The van der Waals surface area contributed by atoms with E-state index in [1.165, 1.54) is 0 Å². The van der Waals surface area contributed by atoms with E-state index >= 15 is 0 Å². The van der Waals surface area contributed by atoms with Gasteiger partial charge in [-0.05, 0) is 29.2 Å². The summed E-state index contributed by atoms with van der Waals surface area (Å²) >= 11 is 0. The van der Waals surface area contributed by atoms with Gasteiger partial charge in [0.25, 0.3) is 0 Å². The maximum absolute atomic E-state index is 12.2. The van der Waals surface area contributed by atoms with E-state index in [9.17, 15) is 4.79 Å². The van der Waals surface area contributed by atoms with Crippen LogP contribution in [0.3, 0.4) is 0 Å². The van der Waals surface area contributed by atoms with Crippen molar-refractivity contribution in [3.05, 3.63) is 71.4 Å². The van der Waals surface area contributed by atoms with Gasteiger partial charge in [0.05, 0.1) is 6.04 Å². The summed E-state index contributed by atoms with van der Waals surface area (Å²) in [7, 11) is 0. The first kappa shape index (κ1) is 16.2. The zero-order chi connectivity index (χ0) is 16.9. The number of aromatic nitrogens is 1. The maximum Gasteiger partial charge on any atom is 0.237 e. The Morgan fingerprint density at radius 2 is 1.79 bits per heavy atom. The Morgan fingerprint density at radius 3 is 2.54 bits per heavy atom. The van der Waals surface area contributed by atoms with Crippen LogP contribution in [-0.2, 0) is 24.3 Å². The van der Waals surface area contributed by atoms with E-state index in [1.807, 2.05) is 54.7 Å². The van der Waals surface area contributed by atoms with Crippen molar-refractivity contribution in [2.45, 2.75) is 25.6 Å². The highest BCUT2D eigenvalue weighted by Crippen LogP contribution is 2.18. The monoisotopic (exact) mass is 322 g/mol. The van der Waals surface area contributed by atoms with Crippen LogP contribution in [0.5, 0.6) is 0 Å². The Morgan fingerprint density at radius 1 is 1.08 bits per heavy atom. The number of hydrogen-bond donors (Lipinski definition) is 4. The van der Waals surface area contributed by atoms with Gasteiger partial charge in [0.2, 0.25) is 5.91 Å². The molecule has 1 atom stereocenters. The van der Waals surface area contributed by atoms with Gasteiger partial charge in [0.15, 0.2) is 0 Å². The Balaban J connectivity index is 1.58. The molecule has 5 nitrogen and oxygen atoms in total. The van der Waals surface area contributed by atoms with Crippen LogP contribution in [0.4, 0.5) is 0 Å². The average molecular weight is 322 g/mol. The smallest absolute Gasteiger partial charge is 0.237 e. The normalized spacial score (nSPS) is 12.2. The third-order valence-electron chi connectivity index (χ3n) is 4.18. The first-order chi connectivity index (χ1) is 11.7. The lowest BCUT2D eigenvalue weighted by Crippen LogP contribution is -2.41. The van der Waals surface area contributed by atoms with Crippen molar-refractivity contribution >= 4 is 16.8 Å². The van der Waals surface area contributed by atoms with Crippen LogP contribution in [-0.4, -0.2) is 16.9 Å². The van der Waals surface area contributed by atoms with Crippen LogP contribution < -0.4 is 16.8 Å². The molecular formula is C19H22N4O. The quantitative estimate of drug-likeness (QED) is 0.557. The number of benzene rings is 2. The zero-order valence-corrected chi connectivity index (χ0v) is 13.5. The third kappa shape index (κ3) is 3.64. The Kier molecular flexibility index (Phi) is 4.93. The highest BCUT2D eigenvalue weighted by molar-refractivity contribution is 5.86. The highest BCUT2D eigenvalue weighted by Gasteiger charge is 2.15. The van der Waals surface area contributed by atoms with Crippen molar-refractivity contribution in [3.63, 3.8) is 0 Å². The summed E-state index contributed by atoms with van der Waals surface area (Å²) in [5.74, 6) is -0.150. The fourth-order valence-electron chi connectivity index (χ4n) is 2.74. The van der Waals surface area contributed by atoms with Gasteiger partial charge in [-0.15, -0.1) is 0 Å². The van der Waals surface area contributed by atoms with Gasteiger partial charge >= 0.3 is 0 Å². The second kappa shape index (κ2) is 7.29. The van der Waals surface area contributed by atoms with E-state index in [-0.39, 0.29) is 5.91 Å². The zero-order valence-electron chi connectivity index (χ0n) is 13.5. The van der Waals surface area contributed by atoms with Crippen molar-refractivity contribution < 1.29 is 4.79 Å². The average Bonchev–Trinajstić information content (AvgIpc) is 3.03. The molecule has 0 aliphatic heterocycles. The molecule has 2 aromatic carbocycles. The predicted octanol–water partition coefficient (Wildman–Crippen LogP) is 1.81. The molecule has 1 heterocycles. The summed E-state index contributed by atoms with van der Waals surface area (Å²) in [6.07, 6.45) is 2.42. The first-order valence-corrected chi connectivity index (χ1v) is 8.03. The summed E-state index contributed by atoms with van der Waals surface area (Å²) in [5, 5.41) is 4.00. The molecule has 5 heteroatoms. The molecule has 0 fully saturated rings. The van der Waals surface area contributed by atoms with Gasteiger partial charge in [0.1, 0.15) is 0 Å². The Labute approximate surface area is 141 Å².